The Morgan fingerprint density at radius 3 is 3.00 bits per heavy atom. The normalized spacial score (nSPS) is 12.6. The number of nitrogens with two attached hydrogens (primary N) is 1. The zero-order valence-electron chi connectivity index (χ0n) is 10.3. The van der Waals surface area contributed by atoms with Crippen molar-refractivity contribution in [3.63, 3.8) is 0 Å². The molecule has 96 valence electrons. The highest BCUT2D eigenvalue weighted by molar-refractivity contribution is 7.21. The number of hydrogen-bond donors (Lipinski definition) is 2. The Labute approximate surface area is 109 Å². The standard InChI is InChI=1S/C12H15N3O2S/c1-7(6-16)15(2)12(17)11-9(13)10-8(18-11)4-3-5-14-10/h3-5,7,16H,6,13H2,1-2H3. The second-order valence-electron chi connectivity index (χ2n) is 4.14. The number of nitrogen functional groups attached to an aromatic ring is 1. The largest absolute Gasteiger partial charge is 0.396 e. The van der Waals surface area contributed by atoms with E-state index in [0.717, 1.165) is 4.70 Å². The van der Waals surface area contributed by atoms with Crippen molar-refractivity contribution < 1.29 is 9.90 Å². The third-order valence-corrected chi connectivity index (χ3v) is 4.07. The summed E-state index contributed by atoms with van der Waals surface area (Å²) < 4.78 is 0.892. The quantitative estimate of drug-likeness (QED) is 0.877. The summed E-state index contributed by atoms with van der Waals surface area (Å²) in [4.78, 5) is 18.4. The first-order valence-corrected chi connectivity index (χ1v) is 6.39. The SMILES string of the molecule is CC(CO)N(C)C(=O)c1sc2cccnc2c1N. The number of anilines is 1. The number of aromatic nitrogens is 1. The molecule has 0 fully saturated rings. The molecule has 0 aromatic carbocycles. The average Bonchev–Trinajstić information content (AvgIpc) is 2.74. The molecule has 0 radical (unpaired) electrons. The van der Waals surface area contributed by atoms with Crippen LogP contribution in [0.3, 0.4) is 0 Å². The topological polar surface area (TPSA) is 79.5 Å². The Balaban J connectivity index is 2.42. The molecule has 5 nitrogen and oxygen atoms in total. The maximum Gasteiger partial charge on any atom is 0.266 e. The van der Waals surface area contributed by atoms with E-state index in [9.17, 15) is 4.79 Å². The van der Waals surface area contributed by atoms with Crippen LogP contribution in [0.4, 0.5) is 5.69 Å². The minimum absolute atomic E-state index is 0.0781. The van der Waals surface area contributed by atoms with Gasteiger partial charge in [-0.25, -0.2) is 0 Å². The van der Waals surface area contributed by atoms with Crippen molar-refractivity contribution in [3.8, 4) is 0 Å². The summed E-state index contributed by atoms with van der Waals surface area (Å²) in [7, 11) is 1.65. The first-order valence-electron chi connectivity index (χ1n) is 5.57. The summed E-state index contributed by atoms with van der Waals surface area (Å²) in [6.07, 6.45) is 1.65. The van der Waals surface area contributed by atoms with Gasteiger partial charge in [0.1, 0.15) is 10.4 Å². The van der Waals surface area contributed by atoms with Crippen molar-refractivity contribution in [3.05, 3.63) is 23.2 Å². The molecular formula is C12H15N3O2S. The fourth-order valence-corrected chi connectivity index (χ4v) is 2.65. The molecule has 0 saturated carbocycles. The number of aliphatic hydroxyl groups excluding tert-OH is 1. The summed E-state index contributed by atoms with van der Waals surface area (Å²) in [5, 5.41) is 9.08. The monoisotopic (exact) mass is 265 g/mol. The molecule has 6 heteroatoms. The van der Waals surface area contributed by atoms with Gasteiger partial charge in [0.25, 0.3) is 5.91 Å². The summed E-state index contributed by atoms with van der Waals surface area (Å²) in [5.74, 6) is -0.183. The summed E-state index contributed by atoms with van der Waals surface area (Å²) in [5.41, 5.74) is 7.03. The van der Waals surface area contributed by atoms with E-state index in [1.165, 1.54) is 16.2 Å². The van der Waals surface area contributed by atoms with Crippen LogP contribution < -0.4 is 5.73 Å². The van der Waals surface area contributed by atoms with Crippen LogP contribution in [0.15, 0.2) is 18.3 Å². The lowest BCUT2D eigenvalue weighted by Crippen LogP contribution is -2.37. The van der Waals surface area contributed by atoms with E-state index >= 15 is 0 Å². The van der Waals surface area contributed by atoms with Gasteiger partial charge in [-0.1, -0.05) is 0 Å². The third kappa shape index (κ3) is 2.04. The first-order chi connectivity index (χ1) is 8.56. The molecule has 0 saturated heterocycles. The van der Waals surface area contributed by atoms with Crippen molar-refractivity contribution in [2.45, 2.75) is 13.0 Å². The zero-order valence-corrected chi connectivity index (χ0v) is 11.1. The number of aliphatic hydroxyl groups is 1. The van der Waals surface area contributed by atoms with Gasteiger partial charge in [-0.3, -0.25) is 9.78 Å². The number of carbonyl (C=O) groups is 1. The first kappa shape index (κ1) is 12.8. The molecule has 0 bridgehead atoms. The predicted molar refractivity (Wildman–Crippen MR) is 72.7 cm³/mol. The van der Waals surface area contributed by atoms with E-state index in [4.69, 9.17) is 10.8 Å². The van der Waals surface area contributed by atoms with Crippen LogP contribution in [0.2, 0.25) is 0 Å². The molecule has 0 spiro atoms. The van der Waals surface area contributed by atoms with Gasteiger partial charge in [0.15, 0.2) is 0 Å². The molecule has 2 heterocycles. The molecule has 0 aliphatic heterocycles. The summed E-state index contributed by atoms with van der Waals surface area (Å²) in [6.45, 7) is 1.70. The van der Waals surface area contributed by atoms with Crippen molar-refractivity contribution in [2.75, 3.05) is 19.4 Å². The molecule has 0 aliphatic carbocycles. The van der Waals surface area contributed by atoms with Crippen molar-refractivity contribution in [1.82, 2.24) is 9.88 Å². The highest BCUT2D eigenvalue weighted by Gasteiger charge is 2.22. The minimum Gasteiger partial charge on any atom is -0.396 e. The van der Waals surface area contributed by atoms with Crippen molar-refractivity contribution in [2.24, 2.45) is 0 Å². The second-order valence-corrected chi connectivity index (χ2v) is 5.19. The molecule has 1 unspecified atom stereocenters. The van der Waals surface area contributed by atoms with E-state index in [1.807, 2.05) is 12.1 Å². The fraction of sp³-hybridized carbons (Fsp3) is 0.333. The van der Waals surface area contributed by atoms with Gasteiger partial charge >= 0.3 is 0 Å². The highest BCUT2D eigenvalue weighted by atomic mass is 32.1. The minimum atomic E-state index is -0.241. The van der Waals surface area contributed by atoms with Crippen LogP contribution in [0.5, 0.6) is 0 Å². The van der Waals surface area contributed by atoms with Crippen LogP contribution in [-0.4, -0.2) is 40.6 Å². The lowest BCUT2D eigenvalue weighted by atomic mass is 10.2. The van der Waals surface area contributed by atoms with Gasteiger partial charge in [0, 0.05) is 13.2 Å². The number of nitrogens with zero attached hydrogens (tertiary/aromatic N) is 2. The maximum atomic E-state index is 12.3. The van der Waals surface area contributed by atoms with Gasteiger partial charge in [-0.15, -0.1) is 11.3 Å². The van der Waals surface area contributed by atoms with E-state index in [0.29, 0.717) is 16.1 Å². The number of thiophene rings is 1. The lowest BCUT2D eigenvalue weighted by molar-refractivity contribution is 0.0688. The number of likely N-dealkylation sites (N-methyl/N-ethyl adjacent to an activating group) is 1. The van der Waals surface area contributed by atoms with Crippen LogP contribution in [-0.2, 0) is 0 Å². The molecular weight excluding hydrogens is 250 g/mol. The summed E-state index contributed by atoms with van der Waals surface area (Å²) >= 11 is 1.33. The van der Waals surface area contributed by atoms with Gasteiger partial charge in [0.2, 0.25) is 0 Å². The predicted octanol–water partition coefficient (Wildman–Crippen LogP) is 1.33. The van der Waals surface area contributed by atoms with Gasteiger partial charge in [-0.05, 0) is 19.1 Å². The number of amides is 1. The maximum absolute atomic E-state index is 12.3. The Hall–Kier alpha value is -1.66. The Morgan fingerprint density at radius 2 is 2.39 bits per heavy atom. The second kappa shape index (κ2) is 4.91. The number of hydrogen-bond acceptors (Lipinski definition) is 5. The number of fused-ring (bicyclic) bond motifs is 1. The van der Waals surface area contributed by atoms with Gasteiger partial charge in [-0.2, -0.15) is 0 Å². The smallest absolute Gasteiger partial charge is 0.266 e. The van der Waals surface area contributed by atoms with Crippen LogP contribution in [0.1, 0.15) is 16.6 Å². The molecule has 1 amide bonds. The summed E-state index contributed by atoms with van der Waals surface area (Å²) in [6, 6.07) is 3.46. The number of rotatable bonds is 3. The van der Waals surface area contributed by atoms with E-state index in [2.05, 4.69) is 4.98 Å². The van der Waals surface area contributed by atoms with E-state index in [-0.39, 0.29) is 18.6 Å². The molecule has 2 rings (SSSR count). The van der Waals surface area contributed by atoms with Crippen LogP contribution in [0.25, 0.3) is 10.2 Å². The lowest BCUT2D eigenvalue weighted by Gasteiger charge is -2.22. The molecule has 3 N–H and O–H groups in total. The molecule has 0 aliphatic rings. The third-order valence-electron chi connectivity index (χ3n) is 2.92. The molecule has 2 aromatic heterocycles. The Kier molecular flexibility index (Phi) is 3.49. The fourth-order valence-electron chi connectivity index (χ4n) is 1.59. The molecule has 18 heavy (non-hydrogen) atoms. The van der Waals surface area contributed by atoms with E-state index < -0.39 is 0 Å². The Morgan fingerprint density at radius 1 is 1.67 bits per heavy atom. The van der Waals surface area contributed by atoms with Crippen molar-refractivity contribution in [1.29, 1.82) is 0 Å². The Bertz CT molecular complexity index is 582. The number of pyridine rings is 1. The van der Waals surface area contributed by atoms with Gasteiger partial charge < -0.3 is 15.7 Å². The zero-order chi connectivity index (χ0) is 13.3. The van der Waals surface area contributed by atoms with E-state index in [1.54, 1.807) is 20.2 Å². The van der Waals surface area contributed by atoms with Crippen molar-refractivity contribution >= 4 is 33.1 Å². The van der Waals surface area contributed by atoms with Crippen LogP contribution in [0, 0.1) is 0 Å². The average molecular weight is 265 g/mol. The highest BCUT2D eigenvalue weighted by Crippen LogP contribution is 2.32. The van der Waals surface area contributed by atoms with Gasteiger partial charge in [0.05, 0.1) is 23.0 Å². The molecule has 2 aromatic rings. The molecule has 1 atom stereocenters. The number of carbonyl (C=O) groups excluding carboxylic acids is 1. The van der Waals surface area contributed by atoms with Crippen LogP contribution >= 0.6 is 11.3 Å².